The molecule has 0 aliphatic rings. The minimum atomic E-state index is -0.190. The van der Waals surface area contributed by atoms with Crippen molar-refractivity contribution < 1.29 is 14.3 Å². The van der Waals surface area contributed by atoms with Crippen molar-refractivity contribution in [2.24, 2.45) is 0 Å². The van der Waals surface area contributed by atoms with Crippen LogP contribution >= 0.6 is 0 Å². The highest BCUT2D eigenvalue weighted by Gasteiger charge is 2.08. The Hall–Kier alpha value is -2.56. The molecule has 2 aromatic rings. The zero-order chi connectivity index (χ0) is 15.9. The number of aromatic nitrogens is 1. The molecule has 0 aliphatic heterocycles. The molecule has 0 saturated carbocycles. The molecule has 0 atom stereocenters. The standard InChI is InChI=1S/C17H20N2O3/c1-12(2)22-16-8-14(10-18-11-16)17(20)19-9-13-5-4-6-15(7-13)21-3/h4-8,10-12H,9H2,1-3H3,(H,19,20). The molecule has 0 spiro atoms. The highest BCUT2D eigenvalue weighted by molar-refractivity contribution is 5.94. The number of carbonyl (C=O) groups is 1. The smallest absolute Gasteiger partial charge is 0.253 e. The van der Waals surface area contributed by atoms with Gasteiger partial charge in [-0.3, -0.25) is 9.78 Å². The Morgan fingerprint density at radius 2 is 2.05 bits per heavy atom. The molecule has 0 bridgehead atoms. The lowest BCUT2D eigenvalue weighted by Crippen LogP contribution is -2.23. The molecule has 1 heterocycles. The molecule has 5 heteroatoms. The molecule has 0 saturated heterocycles. The summed E-state index contributed by atoms with van der Waals surface area (Å²) in [5, 5.41) is 2.86. The first-order chi connectivity index (χ1) is 10.6. The molecule has 1 N–H and O–H groups in total. The molecular formula is C17H20N2O3. The minimum Gasteiger partial charge on any atom is -0.497 e. The normalized spacial score (nSPS) is 10.4. The van der Waals surface area contributed by atoms with Crippen LogP contribution < -0.4 is 14.8 Å². The molecule has 0 radical (unpaired) electrons. The third-order valence-corrected chi connectivity index (χ3v) is 2.93. The summed E-state index contributed by atoms with van der Waals surface area (Å²) in [6.45, 7) is 4.27. The zero-order valence-electron chi connectivity index (χ0n) is 13.0. The van der Waals surface area contributed by atoms with Crippen molar-refractivity contribution in [1.82, 2.24) is 10.3 Å². The summed E-state index contributed by atoms with van der Waals surface area (Å²) >= 11 is 0. The van der Waals surface area contributed by atoms with Gasteiger partial charge in [0, 0.05) is 12.7 Å². The van der Waals surface area contributed by atoms with Gasteiger partial charge in [-0.15, -0.1) is 0 Å². The Kier molecular flexibility index (Phi) is 5.36. The van der Waals surface area contributed by atoms with Crippen molar-refractivity contribution in [1.29, 1.82) is 0 Å². The Morgan fingerprint density at radius 3 is 2.77 bits per heavy atom. The van der Waals surface area contributed by atoms with Crippen molar-refractivity contribution in [3.8, 4) is 11.5 Å². The molecule has 0 unspecified atom stereocenters. The fourth-order valence-electron chi connectivity index (χ4n) is 1.95. The molecule has 0 fully saturated rings. The summed E-state index contributed by atoms with van der Waals surface area (Å²) in [6, 6.07) is 9.25. The second kappa shape index (κ2) is 7.45. The summed E-state index contributed by atoms with van der Waals surface area (Å²) in [5.74, 6) is 1.16. The van der Waals surface area contributed by atoms with Gasteiger partial charge in [-0.1, -0.05) is 12.1 Å². The molecule has 1 aromatic heterocycles. The van der Waals surface area contributed by atoms with Gasteiger partial charge in [0.25, 0.3) is 5.91 Å². The fraction of sp³-hybridized carbons (Fsp3) is 0.294. The number of methoxy groups -OCH3 is 1. The number of hydrogen-bond acceptors (Lipinski definition) is 4. The lowest BCUT2D eigenvalue weighted by molar-refractivity contribution is 0.0949. The topological polar surface area (TPSA) is 60.5 Å². The van der Waals surface area contributed by atoms with Crippen LogP contribution in [0.2, 0.25) is 0 Å². The van der Waals surface area contributed by atoms with Gasteiger partial charge in [0.2, 0.25) is 0 Å². The van der Waals surface area contributed by atoms with E-state index in [1.807, 2.05) is 38.1 Å². The van der Waals surface area contributed by atoms with Crippen molar-refractivity contribution >= 4 is 5.91 Å². The van der Waals surface area contributed by atoms with Gasteiger partial charge in [-0.05, 0) is 37.6 Å². The fourth-order valence-corrected chi connectivity index (χ4v) is 1.95. The Bertz CT molecular complexity index is 641. The maximum Gasteiger partial charge on any atom is 0.253 e. The van der Waals surface area contributed by atoms with E-state index in [0.29, 0.717) is 17.9 Å². The highest BCUT2D eigenvalue weighted by Crippen LogP contribution is 2.14. The van der Waals surface area contributed by atoms with Gasteiger partial charge in [0.15, 0.2) is 0 Å². The lowest BCUT2D eigenvalue weighted by atomic mass is 10.2. The van der Waals surface area contributed by atoms with E-state index in [1.165, 1.54) is 6.20 Å². The third-order valence-electron chi connectivity index (χ3n) is 2.93. The Morgan fingerprint density at radius 1 is 1.23 bits per heavy atom. The molecule has 5 nitrogen and oxygen atoms in total. The number of hydrogen-bond donors (Lipinski definition) is 1. The number of nitrogens with zero attached hydrogens (tertiary/aromatic N) is 1. The number of carbonyl (C=O) groups excluding carboxylic acids is 1. The van der Waals surface area contributed by atoms with Crippen LogP contribution in [-0.2, 0) is 6.54 Å². The van der Waals surface area contributed by atoms with Crippen molar-refractivity contribution in [2.45, 2.75) is 26.5 Å². The average molecular weight is 300 g/mol. The van der Waals surface area contributed by atoms with E-state index in [9.17, 15) is 4.79 Å². The number of nitrogens with one attached hydrogen (secondary N) is 1. The van der Waals surface area contributed by atoms with Gasteiger partial charge in [0.05, 0.1) is 25.0 Å². The summed E-state index contributed by atoms with van der Waals surface area (Å²) in [6.07, 6.45) is 3.16. The first-order valence-corrected chi connectivity index (χ1v) is 7.11. The molecule has 0 aliphatic carbocycles. The largest absolute Gasteiger partial charge is 0.497 e. The summed E-state index contributed by atoms with van der Waals surface area (Å²) in [4.78, 5) is 16.2. The van der Waals surface area contributed by atoms with E-state index < -0.39 is 0 Å². The van der Waals surface area contributed by atoms with Crippen LogP contribution in [0.3, 0.4) is 0 Å². The Labute approximate surface area is 130 Å². The first-order valence-electron chi connectivity index (χ1n) is 7.11. The van der Waals surface area contributed by atoms with E-state index in [4.69, 9.17) is 9.47 Å². The van der Waals surface area contributed by atoms with Gasteiger partial charge < -0.3 is 14.8 Å². The van der Waals surface area contributed by atoms with E-state index in [-0.39, 0.29) is 12.0 Å². The second-order valence-corrected chi connectivity index (χ2v) is 5.11. The summed E-state index contributed by atoms with van der Waals surface area (Å²) in [7, 11) is 1.61. The van der Waals surface area contributed by atoms with Gasteiger partial charge >= 0.3 is 0 Å². The van der Waals surface area contributed by atoms with Gasteiger partial charge in [0.1, 0.15) is 11.5 Å². The predicted molar refractivity (Wildman–Crippen MR) is 84.2 cm³/mol. The molecule has 22 heavy (non-hydrogen) atoms. The van der Waals surface area contributed by atoms with Crippen LogP contribution in [0, 0.1) is 0 Å². The third kappa shape index (κ3) is 4.48. The molecular weight excluding hydrogens is 280 g/mol. The lowest BCUT2D eigenvalue weighted by Gasteiger charge is -2.10. The first kappa shape index (κ1) is 15.8. The van der Waals surface area contributed by atoms with Crippen LogP contribution in [0.15, 0.2) is 42.7 Å². The van der Waals surface area contributed by atoms with Crippen LogP contribution in [0.25, 0.3) is 0 Å². The highest BCUT2D eigenvalue weighted by atomic mass is 16.5. The maximum absolute atomic E-state index is 12.2. The number of amides is 1. The molecule has 1 amide bonds. The number of ether oxygens (including phenoxy) is 2. The second-order valence-electron chi connectivity index (χ2n) is 5.11. The monoisotopic (exact) mass is 300 g/mol. The number of benzene rings is 1. The molecule has 2 rings (SSSR count). The van der Waals surface area contributed by atoms with Crippen molar-refractivity contribution in [2.75, 3.05) is 7.11 Å². The van der Waals surface area contributed by atoms with Gasteiger partial charge in [-0.2, -0.15) is 0 Å². The van der Waals surface area contributed by atoms with Crippen LogP contribution in [0.1, 0.15) is 29.8 Å². The van der Waals surface area contributed by atoms with E-state index in [1.54, 1.807) is 19.4 Å². The quantitative estimate of drug-likeness (QED) is 0.891. The van der Waals surface area contributed by atoms with Crippen LogP contribution in [-0.4, -0.2) is 24.1 Å². The molecule has 1 aromatic carbocycles. The predicted octanol–water partition coefficient (Wildman–Crippen LogP) is 2.81. The summed E-state index contributed by atoms with van der Waals surface area (Å²) < 4.78 is 10.7. The number of pyridine rings is 1. The zero-order valence-corrected chi connectivity index (χ0v) is 13.0. The van der Waals surface area contributed by atoms with Gasteiger partial charge in [-0.25, -0.2) is 0 Å². The van der Waals surface area contributed by atoms with Crippen LogP contribution in [0.4, 0.5) is 0 Å². The van der Waals surface area contributed by atoms with E-state index in [0.717, 1.165) is 11.3 Å². The van der Waals surface area contributed by atoms with E-state index in [2.05, 4.69) is 10.3 Å². The molecule has 116 valence electrons. The van der Waals surface area contributed by atoms with Crippen molar-refractivity contribution in [3.05, 3.63) is 53.9 Å². The SMILES string of the molecule is COc1cccc(CNC(=O)c2cncc(OC(C)C)c2)c1. The number of rotatable bonds is 6. The minimum absolute atomic E-state index is 0.0388. The average Bonchev–Trinajstić information content (AvgIpc) is 2.52. The maximum atomic E-state index is 12.2. The summed E-state index contributed by atoms with van der Waals surface area (Å²) in [5.41, 5.74) is 1.44. The van der Waals surface area contributed by atoms with E-state index >= 15 is 0 Å². The van der Waals surface area contributed by atoms with Crippen LogP contribution in [0.5, 0.6) is 11.5 Å². The van der Waals surface area contributed by atoms with Crippen molar-refractivity contribution in [3.63, 3.8) is 0 Å². The Balaban J connectivity index is 1.99.